The van der Waals surface area contributed by atoms with Crippen LogP contribution in [0.1, 0.15) is 48.5 Å². The van der Waals surface area contributed by atoms with Gasteiger partial charge in [-0.25, -0.2) is 0 Å². The van der Waals surface area contributed by atoms with Crippen LogP contribution < -0.4 is 10.6 Å². The minimum atomic E-state index is 0.0533. The van der Waals surface area contributed by atoms with Crippen molar-refractivity contribution in [3.63, 3.8) is 0 Å². The lowest BCUT2D eigenvalue weighted by atomic mass is 9.91. The number of amides is 2. The number of hydrogen-bond donors (Lipinski definition) is 2. The van der Waals surface area contributed by atoms with Crippen molar-refractivity contribution in [2.75, 3.05) is 45.8 Å². The summed E-state index contributed by atoms with van der Waals surface area (Å²) in [5.74, 6) is 0.704. The molecule has 0 spiro atoms. The fraction of sp³-hybridized carbons (Fsp3) is 0.619. The number of hydrogen-bond acceptors (Lipinski definition) is 4. The Labute approximate surface area is 162 Å². The first-order valence-electron chi connectivity index (χ1n) is 10.1. The molecular weight excluding hydrogens is 340 g/mol. The van der Waals surface area contributed by atoms with Gasteiger partial charge in [0.05, 0.1) is 6.54 Å². The molecule has 1 atom stereocenters. The Bertz CT molecular complexity index is 630. The van der Waals surface area contributed by atoms with E-state index in [1.54, 1.807) is 0 Å². The van der Waals surface area contributed by atoms with Crippen molar-refractivity contribution in [3.05, 3.63) is 35.4 Å². The Morgan fingerprint density at radius 2 is 1.85 bits per heavy atom. The van der Waals surface area contributed by atoms with Gasteiger partial charge in [-0.3, -0.25) is 14.5 Å². The zero-order chi connectivity index (χ0) is 19.2. The van der Waals surface area contributed by atoms with Crippen LogP contribution in [0, 0.1) is 0 Å². The van der Waals surface area contributed by atoms with Crippen molar-refractivity contribution in [2.24, 2.45) is 0 Å². The van der Waals surface area contributed by atoms with Crippen LogP contribution in [0.2, 0.25) is 0 Å². The molecule has 27 heavy (non-hydrogen) atoms. The number of benzene rings is 1. The van der Waals surface area contributed by atoms with Gasteiger partial charge in [-0.05, 0) is 56.8 Å². The quantitative estimate of drug-likeness (QED) is 0.821. The molecule has 6 nitrogen and oxygen atoms in total. The normalized spacial score (nSPS) is 21.3. The third-order valence-electron chi connectivity index (χ3n) is 5.40. The highest BCUT2D eigenvalue weighted by molar-refractivity contribution is 5.94. The first-order valence-corrected chi connectivity index (χ1v) is 10.1. The molecule has 3 rings (SSSR count). The molecule has 2 N–H and O–H groups in total. The monoisotopic (exact) mass is 372 g/mol. The van der Waals surface area contributed by atoms with Gasteiger partial charge in [-0.15, -0.1) is 0 Å². The van der Waals surface area contributed by atoms with Gasteiger partial charge in [0.1, 0.15) is 0 Å². The molecular formula is C21H32N4O2. The highest BCUT2D eigenvalue weighted by atomic mass is 16.2. The van der Waals surface area contributed by atoms with E-state index in [0.29, 0.717) is 25.6 Å². The average Bonchev–Trinajstić information content (AvgIpc) is 2.68. The van der Waals surface area contributed by atoms with Gasteiger partial charge in [0.15, 0.2) is 0 Å². The number of carbonyl (C=O) groups is 2. The summed E-state index contributed by atoms with van der Waals surface area (Å²) in [6.45, 7) is 9.29. The van der Waals surface area contributed by atoms with E-state index in [-0.39, 0.29) is 17.9 Å². The summed E-state index contributed by atoms with van der Waals surface area (Å²) in [4.78, 5) is 28.7. The molecule has 0 aliphatic carbocycles. The lowest BCUT2D eigenvalue weighted by molar-refractivity contribution is -0.123. The molecule has 0 aromatic heterocycles. The van der Waals surface area contributed by atoms with Gasteiger partial charge in [0.2, 0.25) is 5.91 Å². The molecule has 2 fully saturated rings. The van der Waals surface area contributed by atoms with E-state index in [1.807, 2.05) is 30.9 Å². The smallest absolute Gasteiger partial charge is 0.253 e. The largest absolute Gasteiger partial charge is 0.353 e. The lowest BCUT2D eigenvalue weighted by Gasteiger charge is -2.34. The van der Waals surface area contributed by atoms with E-state index < -0.39 is 0 Å². The van der Waals surface area contributed by atoms with Crippen molar-refractivity contribution in [1.29, 1.82) is 0 Å². The fourth-order valence-corrected chi connectivity index (χ4v) is 3.90. The van der Waals surface area contributed by atoms with Crippen LogP contribution in [0.3, 0.4) is 0 Å². The van der Waals surface area contributed by atoms with Crippen LogP contribution in [-0.4, -0.2) is 73.5 Å². The number of nitrogens with one attached hydrogen (secondary N) is 2. The highest BCUT2D eigenvalue weighted by Gasteiger charge is 2.24. The van der Waals surface area contributed by atoms with E-state index >= 15 is 0 Å². The minimum absolute atomic E-state index is 0.0533. The fourth-order valence-electron chi connectivity index (χ4n) is 3.90. The maximum absolute atomic E-state index is 12.8. The molecule has 0 radical (unpaired) electrons. The van der Waals surface area contributed by atoms with Gasteiger partial charge >= 0.3 is 0 Å². The van der Waals surface area contributed by atoms with Crippen LogP contribution in [0.15, 0.2) is 24.3 Å². The van der Waals surface area contributed by atoms with E-state index in [1.165, 1.54) is 18.4 Å². The predicted molar refractivity (Wildman–Crippen MR) is 107 cm³/mol. The molecule has 6 heteroatoms. The third-order valence-corrected chi connectivity index (χ3v) is 5.40. The SMILES string of the molecule is CC(C)NC(=O)CN1CCN(C(=O)c2ccc([C@H]3CCCNC3)cc2)CC1. The zero-order valence-corrected chi connectivity index (χ0v) is 16.5. The van der Waals surface area contributed by atoms with Crippen molar-refractivity contribution in [1.82, 2.24) is 20.4 Å². The molecule has 0 bridgehead atoms. The standard InChI is InChI=1S/C21H32N4O2/c1-16(2)23-20(26)15-24-10-12-25(13-11-24)21(27)18-7-5-17(6-8-18)19-4-3-9-22-14-19/h5-8,16,19,22H,3-4,9-15H2,1-2H3,(H,23,26)/t19-/m0/s1. The van der Waals surface area contributed by atoms with Gasteiger partial charge in [-0.2, -0.15) is 0 Å². The van der Waals surface area contributed by atoms with Crippen LogP contribution >= 0.6 is 0 Å². The van der Waals surface area contributed by atoms with E-state index in [0.717, 1.165) is 31.7 Å². The van der Waals surface area contributed by atoms with Crippen molar-refractivity contribution < 1.29 is 9.59 Å². The molecule has 148 valence electrons. The molecule has 2 aliphatic heterocycles. The molecule has 2 amide bonds. The van der Waals surface area contributed by atoms with Crippen molar-refractivity contribution in [3.8, 4) is 0 Å². The zero-order valence-electron chi connectivity index (χ0n) is 16.5. The number of piperazine rings is 1. The predicted octanol–water partition coefficient (Wildman–Crippen LogP) is 1.44. The number of carbonyl (C=O) groups excluding carboxylic acids is 2. The van der Waals surface area contributed by atoms with Gasteiger partial charge in [0, 0.05) is 44.3 Å². The molecule has 2 saturated heterocycles. The van der Waals surface area contributed by atoms with Crippen molar-refractivity contribution >= 4 is 11.8 Å². The summed E-state index contributed by atoms with van der Waals surface area (Å²) in [7, 11) is 0. The maximum Gasteiger partial charge on any atom is 0.253 e. The Kier molecular flexibility index (Phi) is 6.85. The Hall–Kier alpha value is -1.92. The second kappa shape index (κ2) is 9.33. The minimum Gasteiger partial charge on any atom is -0.353 e. The first-order chi connectivity index (χ1) is 13.0. The average molecular weight is 373 g/mol. The Balaban J connectivity index is 1.49. The summed E-state index contributed by atoms with van der Waals surface area (Å²) < 4.78 is 0. The van der Waals surface area contributed by atoms with E-state index in [2.05, 4.69) is 27.7 Å². The molecule has 2 heterocycles. The summed E-state index contributed by atoms with van der Waals surface area (Å²) in [6, 6.07) is 8.31. The Morgan fingerprint density at radius 3 is 2.44 bits per heavy atom. The summed E-state index contributed by atoms with van der Waals surface area (Å²) in [5.41, 5.74) is 2.08. The molecule has 2 aliphatic rings. The highest BCUT2D eigenvalue weighted by Crippen LogP contribution is 2.23. The van der Waals surface area contributed by atoms with Gasteiger partial charge in [-0.1, -0.05) is 12.1 Å². The first kappa shape index (κ1) is 19.8. The summed E-state index contributed by atoms with van der Waals surface area (Å²) in [5, 5.41) is 6.36. The molecule has 1 aromatic carbocycles. The lowest BCUT2D eigenvalue weighted by Crippen LogP contribution is -2.51. The Morgan fingerprint density at radius 1 is 1.15 bits per heavy atom. The van der Waals surface area contributed by atoms with E-state index in [9.17, 15) is 9.59 Å². The number of piperidine rings is 1. The van der Waals surface area contributed by atoms with Crippen molar-refractivity contribution in [2.45, 2.75) is 38.6 Å². The number of nitrogens with zero attached hydrogens (tertiary/aromatic N) is 2. The molecule has 0 unspecified atom stereocenters. The third kappa shape index (κ3) is 5.53. The second-order valence-electron chi connectivity index (χ2n) is 7.96. The topological polar surface area (TPSA) is 64.7 Å². The van der Waals surface area contributed by atoms with Gasteiger partial charge in [0.25, 0.3) is 5.91 Å². The van der Waals surface area contributed by atoms with Crippen LogP contribution in [0.25, 0.3) is 0 Å². The second-order valence-corrected chi connectivity index (χ2v) is 7.96. The van der Waals surface area contributed by atoms with Gasteiger partial charge < -0.3 is 15.5 Å². The van der Waals surface area contributed by atoms with Crippen LogP contribution in [-0.2, 0) is 4.79 Å². The number of rotatable bonds is 5. The molecule has 0 saturated carbocycles. The maximum atomic E-state index is 12.8. The summed E-state index contributed by atoms with van der Waals surface area (Å²) in [6.07, 6.45) is 2.43. The summed E-state index contributed by atoms with van der Waals surface area (Å²) >= 11 is 0. The van der Waals surface area contributed by atoms with Crippen LogP contribution in [0.5, 0.6) is 0 Å². The van der Waals surface area contributed by atoms with E-state index in [4.69, 9.17) is 0 Å². The van der Waals surface area contributed by atoms with Crippen LogP contribution in [0.4, 0.5) is 0 Å². The molecule has 1 aromatic rings.